The van der Waals surface area contributed by atoms with Gasteiger partial charge in [-0.25, -0.2) is 4.79 Å². The molecule has 1 fully saturated rings. The minimum atomic E-state index is -1.09. The van der Waals surface area contributed by atoms with E-state index in [1.54, 1.807) is 18.2 Å². The number of aromatic carboxylic acids is 1. The normalized spacial score (nSPS) is 15.4. The average molecular weight is 376 g/mol. The summed E-state index contributed by atoms with van der Waals surface area (Å²) in [5.41, 5.74) is 3.66. The second-order valence-electron chi connectivity index (χ2n) is 5.60. The van der Waals surface area contributed by atoms with Gasteiger partial charge in [0.2, 0.25) is 0 Å². The summed E-state index contributed by atoms with van der Waals surface area (Å²) in [5, 5.41) is 15.0. The van der Waals surface area contributed by atoms with Gasteiger partial charge in [0.25, 0.3) is 5.91 Å². The standard InChI is InChI=1S/C17H14ClN3O3S/c1-8-5-10(6-14-15(22)20-17(25)19-14)9(2)21(8)11-3-4-13(18)12(7-11)16(23)24/h3-7H,1-2H3,(H,23,24)(H2,19,20,22,25)/b14-6+. The molecule has 128 valence electrons. The van der Waals surface area contributed by atoms with Gasteiger partial charge in [0, 0.05) is 17.1 Å². The Kier molecular flexibility index (Phi) is 4.36. The van der Waals surface area contributed by atoms with Crippen molar-refractivity contribution in [3.63, 3.8) is 0 Å². The van der Waals surface area contributed by atoms with E-state index >= 15 is 0 Å². The van der Waals surface area contributed by atoms with Gasteiger partial charge >= 0.3 is 5.97 Å². The van der Waals surface area contributed by atoms with Crippen LogP contribution in [-0.4, -0.2) is 26.7 Å². The van der Waals surface area contributed by atoms with E-state index in [-0.39, 0.29) is 21.6 Å². The highest BCUT2D eigenvalue weighted by atomic mass is 35.5. The molecule has 1 aromatic carbocycles. The number of carboxylic acid groups (broad SMARTS) is 1. The molecule has 0 spiro atoms. The van der Waals surface area contributed by atoms with Gasteiger partial charge in [0.1, 0.15) is 5.70 Å². The highest BCUT2D eigenvalue weighted by Gasteiger charge is 2.21. The highest BCUT2D eigenvalue weighted by molar-refractivity contribution is 7.80. The van der Waals surface area contributed by atoms with E-state index in [1.165, 1.54) is 6.07 Å². The summed E-state index contributed by atoms with van der Waals surface area (Å²) < 4.78 is 1.90. The molecule has 1 amide bonds. The molecule has 3 rings (SSSR count). The van der Waals surface area contributed by atoms with E-state index in [1.807, 2.05) is 24.5 Å². The van der Waals surface area contributed by atoms with Crippen molar-refractivity contribution in [2.45, 2.75) is 13.8 Å². The molecule has 0 saturated carbocycles. The van der Waals surface area contributed by atoms with E-state index < -0.39 is 5.97 Å². The van der Waals surface area contributed by atoms with Gasteiger partial charge in [-0.15, -0.1) is 0 Å². The molecular weight excluding hydrogens is 362 g/mol. The van der Waals surface area contributed by atoms with E-state index in [0.717, 1.165) is 17.0 Å². The number of rotatable bonds is 3. The summed E-state index contributed by atoms with van der Waals surface area (Å²) in [6, 6.07) is 6.74. The van der Waals surface area contributed by atoms with Crippen LogP contribution in [0.1, 0.15) is 27.3 Å². The second kappa shape index (κ2) is 6.34. The first-order chi connectivity index (χ1) is 11.8. The van der Waals surface area contributed by atoms with Crippen LogP contribution in [0.4, 0.5) is 0 Å². The Labute approximate surface area is 154 Å². The number of aromatic nitrogens is 1. The van der Waals surface area contributed by atoms with Gasteiger partial charge in [-0.05, 0) is 62.0 Å². The van der Waals surface area contributed by atoms with Crippen molar-refractivity contribution < 1.29 is 14.7 Å². The Morgan fingerprint density at radius 1 is 1.28 bits per heavy atom. The first-order valence-corrected chi connectivity index (χ1v) is 8.12. The third kappa shape index (κ3) is 3.16. The van der Waals surface area contributed by atoms with Crippen LogP contribution in [0, 0.1) is 13.8 Å². The van der Waals surface area contributed by atoms with E-state index in [9.17, 15) is 14.7 Å². The van der Waals surface area contributed by atoms with Crippen LogP contribution in [-0.2, 0) is 4.79 Å². The number of hydrogen-bond donors (Lipinski definition) is 3. The summed E-state index contributed by atoms with van der Waals surface area (Å²) in [6.45, 7) is 3.79. The number of carbonyl (C=O) groups excluding carboxylic acids is 1. The first kappa shape index (κ1) is 17.2. The van der Waals surface area contributed by atoms with Crippen LogP contribution < -0.4 is 10.6 Å². The summed E-state index contributed by atoms with van der Waals surface area (Å²) in [5.74, 6) is -1.37. The number of aryl methyl sites for hydroxylation is 1. The number of carbonyl (C=O) groups is 2. The monoisotopic (exact) mass is 375 g/mol. The third-order valence-corrected chi connectivity index (χ3v) is 4.46. The van der Waals surface area contributed by atoms with E-state index in [0.29, 0.717) is 11.4 Å². The van der Waals surface area contributed by atoms with Crippen LogP contribution >= 0.6 is 23.8 Å². The van der Waals surface area contributed by atoms with Crippen LogP contribution in [0.5, 0.6) is 0 Å². The van der Waals surface area contributed by atoms with E-state index in [4.69, 9.17) is 23.8 Å². The van der Waals surface area contributed by atoms with Crippen LogP contribution in [0.3, 0.4) is 0 Å². The summed E-state index contributed by atoms with van der Waals surface area (Å²) in [4.78, 5) is 23.1. The molecule has 2 aromatic rings. The molecule has 1 aliphatic heterocycles. The molecule has 0 aliphatic carbocycles. The molecule has 0 atom stereocenters. The molecule has 1 aromatic heterocycles. The zero-order valence-electron chi connectivity index (χ0n) is 13.4. The second-order valence-corrected chi connectivity index (χ2v) is 6.41. The smallest absolute Gasteiger partial charge is 0.337 e. The average Bonchev–Trinajstić information content (AvgIpc) is 2.99. The van der Waals surface area contributed by atoms with Crippen molar-refractivity contribution >= 4 is 46.9 Å². The fraction of sp³-hybridized carbons (Fsp3) is 0.118. The predicted octanol–water partition coefficient (Wildman–Crippen LogP) is 2.79. The molecule has 0 radical (unpaired) electrons. The van der Waals surface area contributed by atoms with Crippen molar-refractivity contribution in [1.29, 1.82) is 0 Å². The lowest BCUT2D eigenvalue weighted by Gasteiger charge is -2.11. The minimum absolute atomic E-state index is 0.0359. The van der Waals surface area contributed by atoms with Crippen LogP contribution in [0.15, 0.2) is 30.0 Å². The topological polar surface area (TPSA) is 83.4 Å². The number of hydrogen-bond acceptors (Lipinski definition) is 3. The molecular formula is C17H14ClN3O3S. The number of amides is 1. The summed E-state index contributed by atoms with van der Waals surface area (Å²) >= 11 is 10.9. The third-order valence-electron chi connectivity index (χ3n) is 3.93. The zero-order chi connectivity index (χ0) is 18.3. The maximum absolute atomic E-state index is 11.8. The van der Waals surface area contributed by atoms with Crippen molar-refractivity contribution in [2.24, 2.45) is 0 Å². The maximum Gasteiger partial charge on any atom is 0.337 e. The quantitative estimate of drug-likeness (QED) is 0.567. The zero-order valence-corrected chi connectivity index (χ0v) is 15.0. The molecule has 2 heterocycles. The van der Waals surface area contributed by atoms with Gasteiger partial charge in [-0.2, -0.15) is 0 Å². The number of halogens is 1. The highest BCUT2D eigenvalue weighted by Crippen LogP contribution is 2.26. The van der Waals surface area contributed by atoms with Gasteiger partial charge < -0.3 is 15.0 Å². The van der Waals surface area contributed by atoms with Crippen molar-refractivity contribution in [1.82, 2.24) is 15.2 Å². The molecule has 8 heteroatoms. The summed E-state index contributed by atoms with van der Waals surface area (Å²) in [6.07, 6.45) is 1.71. The van der Waals surface area contributed by atoms with Gasteiger partial charge in [0.05, 0.1) is 10.6 Å². The molecule has 0 bridgehead atoms. The molecule has 1 saturated heterocycles. The van der Waals surface area contributed by atoms with E-state index in [2.05, 4.69) is 10.6 Å². The molecule has 25 heavy (non-hydrogen) atoms. The number of carboxylic acids is 1. The Hall–Kier alpha value is -2.64. The lowest BCUT2D eigenvalue weighted by Crippen LogP contribution is -2.21. The molecule has 6 nitrogen and oxygen atoms in total. The van der Waals surface area contributed by atoms with Gasteiger partial charge in [0.15, 0.2) is 5.11 Å². The number of nitrogens with one attached hydrogen (secondary N) is 2. The SMILES string of the molecule is Cc1cc(/C=C2/NC(=S)NC2=O)c(C)n1-c1ccc(Cl)c(C(=O)O)c1. The van der Waals surface area contributed by atoms with Gasteiger partial charge in [-0.1, -0.05) is 11.6 Å². The minimum Gasteiger partial charge on any atom is -0.478 e. The van der Waals surface area contributed by atoms with Crippen molar-refractivity contribution in [3.05, 3.63) is 57.5 Å². The lowest BCUT2D eigenvalue weighted by molar-refractivity contribution is -0.115. The maximum atomic E-state index is 11.8. The molecule has 0 unspecified atom stereocenters. The Balaban J connectivity index is 2.08. The molecule has 1 aliphatic rings. The van der Waals surface area contributed by atoms with Gasteiger partial charge in [-0.3, -0.25) is 10.1 Å². The predicted molar refractivity (Wildman–Crippen MR) is 99.1 cm³/mol. The Morgan fingerprint density at radius 3 is 2.60 bits per heavy atom. The van der Waals surface area contributed by atoms with Crippen LogP contribution in [0.2, 0.25) is 5.02 Å². The first-order valence-electron chi connectivity index (χ1n) is 7.34. The Bertz CT molecular complexity index is 962. The summed E-state index contributed by atoms with van der Waals surface area (Å²) in [7, 11) is 0. The number of benzene rings is 1. The fourth-order valence-electron chi connectivity index (χ4n) is 2.79. The Morgan fingerprint density at radius 2 is 2.00 bits per heavy atom. The van der Waals surface area contributed by atoms with Crippen molar-refractivity contribution in [3.8, 4) is 5.69 Å². The molecule has 3 N–H and O–H groups in total. The fourth-order valence-corrected chi connectivity index (χ4v) is 3.19. The number of thiocarbonyl (C=S) groups is 1. The lowest BCUT2D eigenvalue weighted by atomic mass is 10.2. The van der Waals surface area contributed by atoms with Crippen molar-refractivity contribution in [2.75, 3.05) is 0 Å². The number of nitrogens with zero attached hydrogens (tertiary/aromatic N) is 1. The van der Waals surface area contributed by atoms with Crippen LogP contribution in [0.25, 0.3) is 11.8 Å². The largest absolute Gasteiger partial charge is 0.478 e.